The summed E-state index contributed by atoms with van der Waals surface area (Å²) in [6.45, 7) is 3.95. The molecule has 0 spiro atoms. The Labute approximate surface area is 119 Å². The van der Waals surface area contributed by atoms with Crippen molar-refractivity contribution in [3.63, 3.8) is 0 Å². The van der Waals surface area contributed by atoms with Crippen molar-refractivity contribution in [2.24, 2.45) is 0 Å². The Bertz CT molecular complexity index is 561. The lowest BCUT2D eigenvalue weighted by Gasteiger charge is -2.24. The largest absolute Gasteiger partial charge is 0.319 e. The van der Waals surface area contributed by atoms with Crippen LogP contribution in [0.2, 0.25) is 0 Å². The van der Waals surface area contributed by atoms with Crippen LogP contribution in [0.3, 0.4) is 0 Å². The second-order valence-corrected chi connectivity index (χ2v) is 8.09. The van der Waals surface area contributed by atoms with Gasteiger partial charge in [-0.25, -0.2) is 8.42 Å². The van der Waals surface area contributed by atoms with E-state index in [-0.39, 0.29) is 0 Å². The molecule has 2 heterocycles. The van der Waals surface area contributed by atoms with Crippen molar-refractivity contribution in [2.45, 2.75) is 24.0 Å². The van der Waals surface area contributed by atoms with E-state index in [1.807, 2.05) is 20.0 Å². The van der Waals surface area contributed by atoms with Gasteiger partial charge in [0.25, 0.3) is 10.0 Å². The van der Waals surface area contributed by atoms with Crippen molar-refractivity contribution in [1.29, 1.82) is 0 Å². The first kappa shape index (κ1) is 14.7. The van der Waals surface area contributed by atoms with E-state index < -0.39 is 10.0 Å². The minimum Gasteiger partial charge on any atom is -0.319 e. The number of hydrogen-bond acceptors (Lipinski definition) is 4. The van der Waals surface area contributed by atoms with Gasteiger partial charge in [-0.05, 0) is 45.5 Å². The molecule has 0 aromatic carbocycles. The van der Waals surface area contributed by atoms with Gasteiger partial charge in [0.1, 0.15) is 4.21 Å². The number of hydrogen-bond donors (Lipinski definition) is 1. The number of likely N-dealkylation sites (N-methyl/N-ethyl adjacent to an activating group) is 1. The van der Waals surface area contributed by atoms with Crippen LogP contribution in [0, 0.1) is 0 Å². The Morgan fingerprint density at radius 1 is 1.42 bits per heavy atom. The molecule has 0 fully saturated rings. The molecule has 6 heteroatoms. The summed E-state index contributed by atoms with van der Waals surface area (Å²) in [5, 5.41) is 3.07. The van der Waals surface area contributed by atoms with Gasteiger partial charge in [-0.2, -0.15) is 4.31 Å². The highest BCUT2D eigenvalue weighted by molar-refractivity contribution is 7.91. The van der Waals surface area contributed by atoms with Crippen LogP contribution in [0.4, 0.5) is 0 Å². The predicted molar refractivity (Wildman–Crippen MR) is 79.1 cm³/mol. The molecule has 0 aliphatic carbocycles. The number of thiophene rings is 1. The second kappa shape index (κ2) is 6.17. The van der Waals surface area contributed by atoms with Crippen molar-refractivity contribution in [3.8, 4) is 0 Å². The van der Waals surface area contributed by atoms with Gasteiger partial charge in [0.05, 0.1) is 0 Å². The van der Waals surface area contributed by atoms with Crippen molar-refractivity contribution in [2.75, 3.05) is 26.7 Å². The first-order chi connectivity index (χ1) is 9.04. The lowest BCUT2D eigenvalue weighted by Crippen LogP contribution is -2.34. The molecule has 19 heavy (non-hydrogen) atoms. The quantitative estimate of drug-likeness (QED) is 0.844. The fourth-order valence-electron chi connectivity index (χ4n) is 2.09. The highest BCUT2D eigenvalue weighted by Crippen LogP contribution is 2.27. The summed E-state index contributed by atoms with van der Waals surface area (Å²) in [6.07, 6.45) is 3.79. The molecular formula is C13H20N2O2S2. The van der Waals surface area contributed by atoms with E-state index in [9.17, 15) is 8.42 Å². The summed E-state index contributed by atoms with van der Waals surface area (Å²) < 4.78 is 27.1. The smallest absolute Gasteiger partial charge is 0.252 e. The van der Waals surface area contributed by atoms with Crippen LogP contribution in [0.5, 0.6) is 0 Å². The van der Waals surface area contributed by atoms with E-state index in [4.69, 9.17) is 0 Å². The molecule has 1 aliphatic rings. The van der Waals surface area contributed by atoms with Gasteiger partial charge in [-0.1, -0.05) is 11.6 Å². The SMILES string of the molecule is CNCCc1ccc(S(=O)(=O)N2CCC=C(C)C2)s1. The first-order valence-corrected chi connectivity index (χ1v) is 8.69. The summed E-state index contributed by atoms with van der Waals surface area (Å²) in [5.74, 6) is 0. The fraction of sp³-hybridized carbons (Fsp3) is 0.538. The van der Waals surface area contributed by atoms with Crippen LogP contribution < -0.4 is 5.32 Å². The van der Waals surface area contributed by atoms with E-state index in [2.05, 4.69) is 11.4 Å². The Balaban J connectivity index is 2.15. The van der Waals surface area contributed by atoms with Crippen LogP contribution in [-0.2, 0) is 16.4 Å². The predicted octanol–water partition coefficient (Wildman–Crippen LogP) is 1.85. The van der Waals surface area contributed by atoms with Gasteiger partial charge in [-0.15, -0.1) is 11.3 Å². The normalized spacial score (nSPS) is 17.5. The average molecular weight is 300 g/mol. The van der Waals surface area contributed by atoms with Crippen molar-refractivity contribution in [1.82, 2.24) is 9.62 Å². The molecule has 0 bridgehead atoms. The summed E-state index contributed by atoms with van der Waals surface area (Å²) in [6, 6.07) is 3.65. The molecule has 1 aliphatic heterocycles. The Kier molecular flexibility index (Phi) is 4.78. The van der Waals surface area contributed by atoms with Gasteiger partial charge >= 0.3 is 0 Å². The molecule has 106 valence electrons. The molecule has 4 nitrogen and oxygen atoms in total. The molecule has 0 atom stereocenters. The number of sulfonamides is 1. The summed E-state index contributed by atoms with van der Waals surface area (Å²) >= 11 is 1.39. The summed E-state index contributed by atoms with van der Waals surface area (Å²) in [7, 11) is -1.41. The molecule has 2 rings (SSSR count). The zero-order valence-corrected chi connectivity index (χ0v) is 13.0. The molecule has 0 radical (unpaired) electrons. The summed E-state index contributed by atoms with van der Waals surface area (Å²) in [5.41, 5.74) is 1.13. The highest BCUT2D eigenvalue weighted by atomic mass is 32.2. The van der Waals surface area contributed by atoms with Crippen molar-refractivity contribution in [3.05, 3.63) is 28.7 Å². The maximum Gasteiger partial charge on any atom is 0.252 e. The van der Waals surface area contributed by atoms with Gasteiger partial charge in [-0.3, -0.25) is 0 Å². The molecule has 0 saturated heterocycles. The third-order valence-corrected chi connectivity index (χ3v) is 6.61. The lowest BCUT2D eigenvalue weighted by atomic mass is 10.2. The van der Waals surface area contributed by atoms with Crippen LogP contribution in [0.1, 0.15) is 18.2 Å². The highest BCUT2D eigenvalue weighted by Gasteiger charge is 2.27. The average Bonchev–Trinajstić information content (AvgIpc) is 2.86. The maximum absolute atomic E-state index is 12.5. The molecule has 0 saturated carbocycles. The molecule has 1 aromatic heterocycles. The third-order valence-electron chi connectivity index (χ3n) is 3.15. The standard InChI is InChI=1S/C13H20N2O2S2/c1-11-4-3-9-15(10-11)19(16,17)13-6-5-12(18-13)7-8-14-2/h4-6,14H,3,7-10H2,1-2H3. The minimum absolute atomic E-state index is 0.466. The zero-order chi connectivity index (χ0) is 13.9. The van der Waals surface area contributed by atoms with Crippen LogP contribution in [0.15, 0.2) is 28.0 Å². The van der Waals surface area contributed by atoms with Crippen LogP contribution >= 0.6 is 11.3 Å². The number of nitrogens with one attached hydrogen (secondary N) is 1. The zero-order valence-electron chi connectivity index (χ0n) is 11.3. The first-order valence-electron chi connectivity index (χ1n) is 6.43. The Hall–Kier alpha value is -0.690. The minimum atomic E-state index is -3.31. The topological polar surface area (TPSA) is 49.4 Å². The van der Waals surface area contributed by atoms with Crippen LogP contribution in [0.25, 0.3) is 0 Å². The van der Waals surface area contributed by atoms with Crippen molar-refractivity contribution < 1.29 is 8.42 Å². The van der Waals surface area contributed by atoms with Gasteiger partial charge in [0, 0.05) is 18.0 Å². The van der Waals surface area contributed by atoms with E-state index in [1.54, 1.807) is 10.4 Å². The molecule has 1 aromatic rings. The maximum atomic E-state index is 12.5. The number of rotatable bonds is 5. The van der Waals surface area contributed by atoms with E-state index in [1.165, 1.54) is 11.3 Å². The monoisotopic (exact) mass is 300 g/mol. The van der Waals surface area contributed by atoms with Gasteiger partial charge in [0.15, 0.2) is 0 Å². The molecule has 0 unspecified atom stereocenters. The molecular weight excluding hydrogens is 280 g/mol. The third kappa shape index (κ3) is 3.45. The molecule has 1 N–H and O–H groups in total. The van der Waals surface area contributed by atoms with E-state index in [0.717, 1.165) is 29.8 Å². The lowest BCUT2D eigenvalue weighted by molar-refractivity contribution is 0.429. The molecule has 0 amide bonds. The second-order valence-electron chi connectivity index (χ2n) is 4.75. The van der Waals surface area contributed by atoms with Crippen molar-refractivity contribution >= 4 is 21.4 Å². The number of nitrogens with zero attached hydrogens (tertiary/aromatic N) is 1. The summed E-state index contributed by atoms with van der Waals surface area (Å²) in [4.78, 5) is 1.11. The Morgan fingerprint density at radius 2 is 2.21 bits per heavy atom. The van der Waals surface area contributed by atoms with Gasteiger partial charge < -0.3 is 5.32 Å². The van der Waals surface area contributed by atoms with Gasteiger partial charge in [0.2, 0.25) is 0 Å². The van der Waals surface area contributed by atoms with Crippen LogP contribution in [-0.4, -0.2) is 39.4 Å². The van der Waals surface area contributed by atoms with E-state index >= 15 is 0 Å². The van der Waals surface area contributed by atoms with E-state index in [0.29, 0.717) is 17.3 Å². The Morgan fingerprint density at radius 3 is 2.89 bits per heavy atom. The fourth-order valence-corrected chi connectivity index (χ4v) is 5.10.